The lowest BCUT2D eigenvalue weighted by atomic mass is 10.1. The molecule has 0 saturated carbocycles. The maximum atomic E-state index is 6.21. The van der Waals surface area contributed by atoms with Crippen LogP contribution >= 0.6 is 36.4 Å². The minimum Gasteiger partial charge on any atom is -0.489 e. The van der Waals surface area contributed by atoms with E-state index in [4.69, 9.17) is 21.3 Å². The van der Waals surface area contributed by atoms with Gasteiger partial charge in [0.25, 0.3) is 0 Å². The summed E-state index contributed by atoms with van der Waals surface area (Å²) in [5.41, 5.74) is 5.41. The number of fused-ring (bicyclic) bond motifs is 1. The van der Waals surface area contributed by atoms with Crippen LogP contribution < -0.4 is 9.64 Å². The molecule has 162 valence electrons. The molecule has 6 heteroatoms. The maximum absolute atomic E-state index is 6.21. The Morgan fingerprint density at radius 2 is 1.77 bits per heavy atom. The van der Waals surface area contributed by atoms with Crippen LogP contribution in [-0.2, 0) is 6.61 Å². The Balaban J connectivity index is 0.00000171. The van der Waals surface area contributed by atoms with Crippen LogP contribution in [0.15, 0.2) is 83.9 Å². The minimum absolute atomic E-state index is 0. The van der Waals surface area contributed by atoms with E-state index in [-0.39, 0.29) is 24.8 Å². The minimum atomic E-state index is 0. The van der Waals surface area contributed by atoms with Gasteiger partial charge in [0.05, 0.1) is 12.3 Å². The van der Waals surface area contributed by atoms with Gasteiger partial charge in [-0.25, -0.2) is 0 Å². The molecule has 3 aromatic carbocycles. The summed E-state index contributed by atoms with van der Waals surface area (Å²) in [5.74, 6) is 0.853. The maximum Gasteiger partial charge on any atom is 0.120 e. The van der Waals surface area contributed by atoms with Gasteiger partial charge in [-0.1, -0.05) is 60.1 Å². The second kappa shape index (κ2) is 11.8. The number of hydrogen-bond donors (Lipinski definition) is 0. The molecule has 0 bridgehead atoms. The summed E-state index contributed by atoms with van der Waals surface area (Å²) in [6.45, 7) is 2.18. The van der Waals surface area contributed by atoms with E-state index >= 15 is 0 Å². The monoisotopic (exact) mass is 474 g/mol. The molecule has 3 aromatic rings. The van der Waals surface area contributed by atoms with Crippen LogP contribution in [-0.4, -0.2) is 25.8 Å². The lowest BCUT2D eigenvalue weighted by molar-refractivity contribution is 0.306. The molecule has 0 N–H and O–H groups in total. The fraction of sp³-hybridized carbons (Fsp3) is 0.160. The Morgan fingerprint density at radius 3 is 2.58 bits per heavy atom. The third-order valence-electron chi connectivity index (χ3n) is 4.90. The van der Waals surface area contributed by atoms with Crippen molar-refractivity contribution in [2.75, 3.05) is 25.0 Å². The first-order valence-electron chi connectivity index (χ1n) is 9.69. The summed E-state index contributed by atoms with van der Waals surface area (Å²) in [4.78, 5) is 6.97. The van der Waals surface area contributed by atoms with E-state index in [9.17, 15) is 0 Å². The third kappa shape index (κ3) is 6.51. The van der Waals surface area contributed by atoms with Crippen molar-refractivity contribution in [3.63, 3.8) is 0 Å². The number of anilines is 1. The van der Waals surface area contributed by atoms with E-state index in [1.54, 1.807) is 0 Å². The van der Waals surface area contributed by atoms with Crippen LogP contribution in [0, 0.1) is 0 Å². The predicted octanol–water partition coefficient (Wildman–Crippen LogP) is 6.71. The Bertz CT molecular complexity index is 1050. The molecule has 0 atom stereocenters. The fourth-order valence-corrected chi connectivity index (χ4v) is 3.50. The topological polar surface area (TPSA) is 24.8 Å². The molecule has 1 heterocycles. The number of hydrogen-bond acceptors (Lipinski definition) is 3. The second-order valence-corrected chi connectivity index (χ2v) is 7.47. The summed E-state index contributed by atoms with van der Waals surface area (Å²) >= 11 is 6.21. The molecule has 0 saturated heterocycles. The van der Waals surface area contributed by atoms with Gasteiger partial charge in [0.15, 0.2) is 0 Å². The number of aliphatic imine (C=N–C) groups is 1. The number of allylic oxidation sites excluding steroid dienone is 1. The zero-order chi connectivity index (χ0) is 20.1. The van der Waals surface area contributed by atoms with Crippen molar-refractivity contribution in [3.05, 3.63) is 101 Å². The highest BCUT2D eigenvalue weighted by molar-refractivity contribution is 6.31. The van der Waals surface area contributed by atoms with Crippen LogP contribution in [0.2, 0.25) is 5.02 Å². The Labute approximate surface area is 201 Å². The van der Waals surface area contributed by atoms with Gasteiger partial charge in [0.2, 0.25) is 0 Å². The normalized spacial score (nSPS) is 12.8. The highest BCUT2D eigenvalue weighted by atomic mass is 35.5. The van der Waals surface area contributed by atoms with Crippen molar-refractivity contribution < 1.29 is 4.74 Å². The number of benzene rings is 3. The zero-order valence-corrected chi connectivity index (χ0v) is 19.6. The summed E-state index contributed by atoms with van der Waals surface area (Å²) in [7, 11) is 2.07. The summed E-state index contributed by atoms with van der Waals surface area (Å²) in [6.07, 6.45) is 4.15. The van der Waals surface area contributed by atoms with E-state index in [0.717, 1.165) is 52.0 Å². The molecular formula is C25H25Cl3N2O. The summed E-state index contributed by atoms with van der Waals surface area (Å²) in [5, 5.41) is 0.740. The van der Waals surface area contributed by atoms with E-state index in [0.29, 0.717) is 6.61 Å². The standard InChI is InChI=1S/C25H23ClN2O.2ClH/c1-28-15-14-27-24(23-12-11-21(26)17-25(23)28)13-10-19-8-5-9-22(16-19)29-18-20-6-3-2-4-7-20;;/h2-13,16-17H,14-15,18H2,1H3;2*1H/b13-10+;;. The largest absolute Gasteiger partial charge is 0.489 e. The highest BCUT2D eigenvalue weighted by Crippen LogP contribution is 2.27. The van der Waals surface area contributed by atoms with Gasteiger partial charge in [-0.15, -0.1) is 24.8 Å². The smallest absolute Gasteiger partial charge is 0.120 e. The first kappa shape index (κ1) is 24.8. The number of nitrogens with zero attached hydrogens (tertiary/aromatic N) is 2. The molecule has 0 amide bonds. The van der Waals surface area contributed by atoms with Crippen molar-refractivity contribution in [3.8, 4) is 5.75 Å². The fourth-order valence-electron chi connectivity index (χ4n) is 3.33. The van der Waals surface area contributed by atoms with Crippen LogP contribution in [0.5, 0.6) is 5.75 Å². The predicted molar refractivity (Wildman–Crippen MR) is 137 cm³/mol. The van der Waals surface area contributed by atoms with Crippen molar-refractivity contribution >= 4 is 53.9 Å². The average Bonchev–Trinajstić information content (AvgIpc) is 2.90. The van der Waals surface area contributed by atoms with Crippen molar-refractivity contribution in [2.24, 2.45) is 4.99 Å². The molecule has 3 nitrogen and oxygen atoms in total. The Hall–Kier alpha value is -2.46. The Morgan fingerprint density at radius 1 is 0.968 bits per heavy atom. The van der Waals surface area contributed by atoms with Gasteiger partial charge in [-0.05, 0) is 47.5 Å². The second-order valence-electron chi connectivity index (χ2n) is 7.03. The molecule has 0 unspecified atom stereocenters. The van der Waals surface area contributed by atoms with Gasteiger partial charge in [-0.2, -0.15) is 0 Å². The van der Waals surface area contributed by atoms with Gasteiger partial charge in [-0.3, -0.25) is 4.99 Å². The molecule has 0 aliphatic carbocycles. The molecule has 1 aliphatic heterocycles. The highest BCUT2D eigenvalue weighted by Gasteiger charge is 2.15. The SMILES string of the molecule is CN1CCN=C(/C=C/c2cccc(OCc3ccccc3)c2)c2ccc(Cl)cc21.Cl.Cl. The van der Waals surface area contributed by atoms with Crippen molar-refractivity contribution in [2.45, 2.75) is 6.61 Å². The lowest BCUT2D eigenvalue weighted by Crippen LogP contribution is -2.20. The van der Waals surface area contributed by atoms with Gasteiger partial charge < -0.3 is 9.64 Å². The molecule has 1 aliphatic rings. The quantitative estimate of drug-likeness (QED) is 0.409. The van der Waals surface area contributed by atoms with Crippen LogP contribution in [0.25, 0.3) is 6.08 Å². The van der Waals surface area contributed by atoms with Crippen LogP contribution in [0.4, 0.5) is 5.69 Å². The number of benzodiazepines with no additional fused rings is 1. The number of rotatable bonds is 5. The van der Waals surface area contributed by atoms with Crippen LogP contribution in [0.1, 0.15) is 16.7 Å². The molecule has 0 fully saturated rings. The van der Waals surface area contributed by atoms with E-state index in [1.807, 2.05) is 54.6 Å². The number of halogens is 3. The van der Waals surface area contributed by atoms with E-state index in [2.05, 4.69) is 42.3 Å². The number of ether oxygens (including phenoxy) is 1. The summed E-state index contributed by atoms with van der Waals surface area (Å²) < 4.78 is 5.94. The third-order valence-corrected chi connectivity index (χ3v) is 5.14. The van der Waals surface area contributed by atoms with Crippen molar-refractivity contribution in [1.29, 1.82) is 0 Å². The molecular weight excluding hydrogens is 451 g/mol. The van der Waals surface area contributed by atoms with Gasteiger partial charge in [0, 0.05) is 29.9 Å². The lowest BCUT2D eigenvalue weighted by Gasteiger charge is -2.19. The molecule has 0 radical (unpaired) electrons. The van der Waals surface area contributed by atoms with E-state index < -0.39 is 0 Å². The van der Waals surface area contributed by atoms with Crippen molar-refractivity contribution in [1.82, 2.24) is 0 Å². The molecule has 0 spiro atoms. The van der Waals surface area contributed by atoms with Gasteiger partial charge in [0.1, 0.15) is 12.4 Å². The molecule has 31 heavy (non-hydrogen) atoms. The molecule has 4 rings (SSSR count). The summed E-state index contributed by atoms with van der Waals surface area (Å²) in [6, 6.07) is 24.3. The first-order valence-corrected chi connectivity index (χ1v) is 10.1. The number of likely N-dealkylation sites (N-methyl/N-ethyl adjacent to an activating group) is 1. The zero-order valence-electron chi connectivity index (χ0n) is 17.2. The first-order chi connectivity index (χ1) is 14.2. The van der Waals surface area contributed by atoms with Gasteiger partial charge >= 0.3 is 0 Å². The Kier molecular flexibility index (Phi) is 9.44. The average molecular weight is 476 g/mol. The molecule has 0 aromatic heterocycles. The van der Waals surface area contributed by atoms with Crippen LogP contribution in [0.3, 0.4) is 0 Å². The van der Waals surface area contributed by atoms with E-state index in [1.165, 1.54) is 0 Å².